The minimum Gasteiger partial charge on any atom is -0.388 e. The summed E-state index contributed by atoms with van der Waals surface area (Å²) >= 11 is 0. The van der Waals surface area contributed by atoms with Crippen molar-refractivity contribution in [2.45, 2.75) is 38.3 Å². The first-order chi connectivity index (χ1) is 11.1. The summed E-state index contributed by atoms with van der Waals surface area (Å²) in [6.45, 7) is 0.931. The van der Waals surface area contributed by atoms with Crippen LogP contribution in [0.25, 0.3) is 0 Å². The van der Waals surface area contributed by atoms with Crippen molar-refractivity contribution in [2.24, 2.45) is 5.73 Å². The van der Waals surface area contributed by atoms with E-state index in [2.05, 4.69) is 16.0 Å². The fraction of sp³-hybridized carbons (Fsp3) is 0.562. The third-order valence-electron chi connectivity index (χ3n) is 3.49. The number of carbonyl (C=O) groups excluding carboxylic acids is 1. The first-order valence-electron chi connectivity index (χ1n) is 7.83. The lowest BCUT2D eigenvalue weighted by Crippen LogP contribution is -2.38. The number of ether oxygens (including phenoxy) is 1. The van der Waals surface area contributed by atoms with Crippen LogP contribution in [0, 0.1) is 0 Å². The van der Waals surface area contributed by atoms with Crippen molar-refractivity contribution in [1.82, 2.24) is 10.6 Å². The Hall–Kier alpha value is -1.67. The zero-order chi connectivity index (χ0) is 17.1. The first kappa shape index (κ1) is 19.4. The van der Waals surface area contributed by atoms with Gasteiger partial charge in [-0.25, -0.2) is 0 Å². The number of amides is 1. The quantitative estimate of drug-likeness (QED) is 0.297. The van der Waals surface area contributed by atoms with Crippen molar-refractivity contribution >= 4 is 11.6 Å². The lowest BCUT2D eigenvalue weighted by Gasteiger charge is -2.14. The highest BCUT2D eigenvalue weighted by Gasteiger charge is 2.10. The molecule has 0 radical (unpaired) electrons. The number of hydrogen-bond acceptors (Lipinski definition) is 6. The Labute approximate surface area is 137 Å². The standard InChI is InChI=1S/C16H28N4O3/c1-18-13-8-6-12(7-9-13)11-23-16(22)20-10-4-3-5-14(17)15(21)19-2/h6-9,14,16,18,20,22H,3-5,10-11,17H2,1-2H3,(H,19,21)/t14-,16?/m0/s1. The Bertz CT molecular complexity index is 453. The maximum absolute atomic E-state index is 11.2. The molecule has 0 aromatic heterocycles. The van der Waals surface area contributed by atoms with Crippen LogP contribution in [-0.2, 0) is 16.1 Å². The van der Waals surface area contributed by atoms with Crippen molar-refractivity contribution in [3.8, 4) is 0 Å². The van der Waals surface area contributed by atoms with Gasteiger partial charge >= 0.3 is 0 Å². The van der Waals surface area contributed by atoms with Gasteiger partial charge in [0.25, 0.3) is 0 Å². The molecule has 0 fully saturated rings. The van der Waals surface area contributed by atoms with Gasteiger partial charge in [-0.05, 0) is 37.1 Å². The molecule has 0 aliphatic rings. The Kier molecular flexibility index (Phi) is 9.23. The van der Waals surface area contributed by atoms with Crippen LogP contribution in [0.15, 0.2) is 24.3 Å². The van der Waals surface area contributed by atoms with E-state index < -0.39 is 12.5 Å². The van der Waals surface area contributed by atoms with Crippen molar-refractivity contribution in [2.75, 3.05) is 26.0 Å². The van der Waals surface area contributed by atoms with Gasteiger partial charge < -0.3 is 26.2 Å². The highest BCUT2D eigenvalue weighted by molar-refractivity contribution is 5.81. The summed E-state index contributed by atoms with van der Waals surface area (Å²) in [4.78, 5) is 11.2. The van der Waals surface area contributed by atoms with Gasteiger partial charge in [0.1, 0.15) is 0 Å². The molecule has 7 heteroatoms. The van der Waals surface area contributed by atoms with Crippen LogP contribution in [-0.4, -0.2) is 44.1 Å². The van der Waals surface area contributed by atoms with Gasteiger partial charge in [-0.1, -0.05) is 18.6 Å². The van der Waals surface area contributed by atoms with Crippen LogP contribution in [0.4, 0.5) is 5.69 Å². The molecule has 0 aliphatic heterocycles. The lowest BCUT2D eigenvalue weighted by atomic mass is 10.1. The van der Waals surface area contributed by atoms with Crippen LogP contribution < -0.4 is 21.7 Å². The van der Waals surface area contributed by atoms with E-state index in [0.29, 0.717) is 19.6 Å². The molecule has 1 rings (SSSR count). The number of unbranched alkanes of at least 4 members (excludes halogenated alkanes) is 1. The smallest absolute Gasteiger partial charge is 0.236 e. The SMILES string of the molecule is CNC(=O)[C@@H](N)CCCCNC(O)OCc1ccc(NC)cc1. The van der Waals surface area contributed by atoms with Crippen molar-refractivity contribution in [3.63, 3.8) is 0 Å². The summed E-state index contributed by atoms with van der Waals surface area (Å²) in [5.74, 6) is -0.148. The molecular formula is C16H28N4O3. The van der Waals surface area contributed by atoms with Gasteiger partial charge in [-0.3, -0.25) is 10.1 Å². The number of nitrogens with two attached hydrogens (primary N) is 1. The van der Waals surface area contributed by atoms with Crippen molar-refractivity contribution < 1.29 is 14.6 Å². The molecule has 0 bridgehead atoms. The molecule has 0 heterocycles. The van der Waals surface area contributed by atoms with Gasteiger partial charge in [-0.2, -0.15) is 0 Å². The number of hydrogen-bond donors (Lipinski definition) is 5. The van der Waals surface area contributed by atoms with E-state index in [1.54, 1.807) is 7.05 Å². The summed E-state index contributed by atoms with van der Waals surface area (Å²) in [7, 11) is 3.43. The predicted molar refractivity (Wildman–Crippen MR) is 90.7 cm³/mol. The molecule has 0 saturated carbocycles. The number of aliphatic hydroxyl groups is 1. The monoisotopic (exact) mass is 324 g/mol. The second kappa shape index (κ2) is 11.0. The average Bonchev–Trinajstić information content (AvgIpc) is 2.59. The second-order valence-electron chi connectivity index (χ2n) is 5.28. The summed E-state index contributed by atoms with van der Waals surface area (Å²) < 4.78 is 5.32. The third kappa shape index (κ3) is 7.94. The van der Waals surface area contributed by atoms with Gasteiger partial charge in [0, 0.05) is 19.8 Å². The third-order valence-corrected chi connectivity index (χ3v) is 3.49. The van der Waals surface area contributed by atoms with Crippen LogP contribution in [0.5, 0.6) is 0 Å². The molecule has 0 spiro atoms. The molecule has 6 N–H and O–H groups in total. The van der Waals surface area contributed by atoms with Crippen LogP contribution >= 0.6 is 0 Å². The number of aliphatic hydroxyl groups excluding tert-OH is 1. The average molecular weight is 324 g/mol. The van der Waals surface area contributed by atoms with E-state index in [9.17, 15) is 9.90 Å². The number of anilines is 1. The molecule has 1 unspecified atom stereocenters. The number of nitrogens with one attached hydrogen (secondary N) is 3. The Morgan fingerprint density at radius 2 is 1.96 bits per heavy atom. The van der Waals surface area contributed by atoms with Crippen LogP contribution in [0.1, 0.15) is 24.8 Å². The zero-order valence-electron chi connectivity index (χ0n) is 13.8. The fourth-order valence-corrected chi connectivity index (χ4v) is 2.03. The minimum absolute atomic E-state index is 0.148. The topological polar surface area (TPSA) is 109 Å². The fourth-order valence-electron chi connectivity index (χ4n) is 2.03. The van der Waals surface area contributed by atoms with E-state index in [4.69, 9.17) is 10.5 Å². The van der Waals surface area contributed by atoms with E-state index in [1.165, 1.54) is 0 Å². The van der Waals surface area contributed by atoms with Gasteiger partial charge in [0.05, 0.1) is 12.6 Å². The second-order valence-corrected chi connectivity index (χ2v) is 5.28. The predicted octanol–water partition coefficient (Wildman–Crippen LogP) is 0.354. The molecule has 2 atom stereocenters. The van der Waals surface area contributed by atoms with Gasteiger partial charge in [-0.15, -0.1) is 0 Å². The molecule has 23 heavy (non-hydrogen) atoms. The number of benzene rings is 1. The van der Waals surface area contributed by atoms with E-state index >= 15 is 0 Å². The summed E-state index contributed by atoms with van der Waals surface area (Å²) in [5, 5.41) is 18.1. The number of rotatable bonds is 11. The highest BCUT2D eigenvalue weighted by atomic mass is 16.6. The van der Waals surface area contributed by atoms with Gasteiger partial charge in [0.2, 0.25) is 12.3 Å². The largest absolute Gasteiger partial charge is 0.388 e. The Balaban J connectivity index is 2.10. The molecule has 130 valence electrons. The Morgan fingerprint density at radius 1 is 1.26 bits per heavy atom. The van der Waals surface area contributed by atoms with Crippen LogP contribution in [0.2, 0.25) is 0 Å². The Morgan fingerprint density at radius 3 is 2.57 bits per heavy atom. The molecule has 0 aliphatic carbocycles. The van der Waals surface area contributed by atoms with Crippen LogP contribution in [0.3, 0.4) is 0 Å². The zero-order valence-corrected chi connectivity index (χ0v) is 13.8. The van der Waals surface area contributed by atoms with E-state index in [1.807, 2.05) is 31.3 Å². The molecule has 1 amide bonds. The highest BCUT2D eigenvalue weighted by Crippen LogP contribution is 2.09. The number of likely N-dealkylation sites (N-methyl/N-ethyl adjacent to an activating group) is 1. The summed E-state index contributed by atoms with van der Waals surface area (Å²) in [5.41, 5.74) is 7.71. The lowest BCUT2D eigenvalue weighted by molar-refractivity contribution is -0.128. The van der Waals surface area contributed by atoms with E-state index in [-0.39, 0.29) is 5.91 Å². The van der Waals surface area contributed by atoms with E-state index in [0.717, 1.165) is 24.1 Å². The maximum Gasteiger partial charge on any atom is 0.236 e. The summed E-state index contributed by atoms with van der Waals surface area (Å²) in [6, 6.07) is 7.32. The van der Waals surface area contributed by atoms with Crippen molar-refractivity contribution in [1.29, 1.82) is 0 Å². The molecule has 1 aromatic rings. The normalized spacial score (nSPS) is 13.4. The molecular weight excluding hydrogens is 296 g/mol. The molecule has 7 nitrogen and oxygen atoms in total. The maximum atomic E-state index is 11.2. The molecule has 0 saturated heterocycles. The number of carbonyl (C=O) groups is 1. The molecule has 1 aromatic carbocycles. The minimum atomic E-state index is -1.01. The van der Waals surface area contributed by atoms with Gasteiger partial charge in [0.15, 0.2) is 0 Å². The van der Waals surface area contributed by atoms with Crippen molar-refractivity contribution in [3.05, 3.63) is 29.8 Å². The summed E-state index contributed by atoms with van der Waals surface area (Å²) in [6.07, 6.45) is 1.23. The first-order valence-corrected chi connectivity index (χ1v) is 7.83.